The van der Waals surface area contributed by atoms with Crippen LogP contribution in [0.4, 0.5) is 17.3 Å². The fraction of sp³-hybridized carbons (Fsp3) is 0.344. The van der Waals surface area contributed by atoms with Crippen LogP contribution in [0.1, 0.15) is 18.9 Å². The van der Waals surface area contributed by atoms with Crippen molar-refractivity contribution in [3.63, 3.8) is 0 Å². The van der Waals surface area contributed by atoms with Crippen LogP contribution in [0.25, 0.3) is 11.3 Å². The van der Waals surface area contributed by atoms with E-state index in [1.54, 1.807) is 13.1 Å². The number of rotatable bonds is 4. The van der Waals surface area contributed by atoms with E-state index in [2.05, 4.69) is 68.0 Å². The molecule has 0 atom stereocenters. The smallest absolute Gasteiger partial charge is 0.298 e. The Morgan fingerprint density at radius 1 is 1.10 bits per heavy atom. The van der Waals surface area contributed by atoms with Crippen LogP contribution < -0.4 is 20.7 Å². The van der Waals surface area contributed by atoms with E-state index in [1.807, 2.05) is 35.2 Å². The third-order valence-electron chi connectivity index (χ3n) is 6.99. The van der Waals surface area contributed by atoms with Crippen molar-refractivity contribution in [1.29, 1.82) is 0 Å². The number of piperazine rings is 1. The van der Waals surface area contributed by atoms with E-state index in [9.17, 15) is 4.79 Å². The predicted octanol–water partition coefficient (Wildman–Crippen LogP) is 3.89. The van der Waals surface area contributed by atoms with Crippen molar-refractivity contribution in [2.24, 2.45) is 0 Å². The number of carbonyl (C=O) groups excluding carboxylic acids is 1. The number of hydrogen-bond acceptors (Lipinski definition) is 8. The number of carbonyl (C=O) groups is 1. The van der Waals surface area contributed by atoms with E-state index in [0.29, 0.717) is 25.6 Å². The number of fused-ring (bicyclic) bond motifs is 7. The zero-order valence-electron chi connectivity index (χ0n) is 23.5. The molecule has 0 saturated carbocycles. The van der Waals surface area contributed by atoms with Crippen LogP contribution in [0, 0.1) is 11.8 Å². The summed E-state index contributed by atoms with van der Waals surface area (Å²) in [6.07, 6.45) is 6.91. The van der Waals surface area contributed by atoms with Crippen LogP contribution in [-0.4, -0.2) is 78.1 Å². The Labute approximate surface area is 242 Å². The summed E-state index contributed by atoms with van der Waals surface area (Å²) >= 11 is 0. The maximum atomic E-state index is 12.0. The molecule has 9 heteroatoms. The highest BCUT2D eigenvalue weighted by Gasteiger charge is 2.19. The van der Waals surface area contributed by atoms with E-state index in [4.69, 9.17) is 9.72 Å². The summed E-state index contributed by atoms with van der Waals surface area (Å²) in [4.78, 5) is 25.5. The van der Waals surface area contributed by atoms with Gasteiger partial charge >= 0.3 is 0 Å². The first kappa shape index (κ1) is 28.1. The summed E-state index contributed by atoms with van der Waals surface area (Å²) in [5.74, 6) is 6.62. The quantitative estimate of drug-likeness (QED) is 0.332. The number of aromatic nitrogens is 2. The van der Waals surface area contributed by atoms with Crippen molar-refractivity contribution in [3.8, 4) is 28.8 Å². The fourth-order valence-corrected chi connectivity index (χ4v) is 4.89. The highest BCUT2D eigenvalue weighted by Crippen LogP contribution is 2.25. The molecule has 1 saturated heterocycles. The zero-order valence-corrected chi connectivity index (χ0v) is 23.5. The molecule has 3 heterocycles. The van der Waals surface area contributed by atoms with Crippen molar-refractivity contribution in [2.45, 2.75) is 19.9 Å². The average Bonchev–Trinajstić information content (AvgIpc) is 2.99. The van der Waals surface area contributed by atoms with Gasteiger partial charge in [0.15, 0.2) is 0 Å². The van der Waals surface area contributed by atoms with E-state index in [1.165, 1.54) is 0 Å². The largest absolute Gasteiger partial charge is 0.493 e. The number of nitrogens with zero attached hydrogens (tertiary/aromatic N) is 4. The lowest BCUT2D eigenvalue weighted by molar-refractivity contribution is -0.126. The first-order chi connectivity index (χ1) is 20.2. The van der Waals surface area contributed by atoms with Gasteiger partial charge in [0.05, 0.1) is 12.3 Å². The normalized spacial score (nSPS) is 16.6. The second-order valence-corrected chi connectivity index (χ2v) is 10.0. The molecule has 5 rings (SSSR count). The molecule has 1 fully saturated rings. The summed E-state index contributed by atoms with van der Waals surface area (Å²) in [7, 11) is 0. The third kappa shape index (κ3) is 8.30. The minimum absolute atomic E-state index is 0.0773. The summed E-state index contributed by atoms with van der Waals surface area (Å²) in [5.41, 5.74) is 4.91. The molecule has 3 N–H and O–H groups in total. The molecule has 41 heavy (non-hydrogen) atoms. The second kappa shape index (κ2) is 14.3. The summed E-state index contributed by atoms with van der Waals surface area (Å²) in [5, 5.41) is 10.5. The van der Waals surface area contributed by atoms with Gasteiger partial charge in [-0.1, -0.05) is 30.2 Å². The lowest BCUT2D eigenvalue weighted by atomic mass is 10.1. The van der Waals surface area contributed by atoms with Gasteiger partial charge in [0.1, 0.15) is 5.75 Å². The van der Waals surface area contributed by atoms with Crippen molar-refractivity contribution >= 4 is 23.2 Å². The summed E-state index contributed by atoms with van der Waals surface area (Å²) < 4.78 is 5.94. The van der Waals surface area contributed by atoms with Crippen LogP contribution >= 0.6 is 0 Å². The molecule has 1 amide bonds. The molecule has 3 aromatic rings. The van der Waals surface area contributed by atoms with E-state index in [-0.39, 0.29) is 5.91 Å². The molecule has 0 radical (unpaired) electrons. The van der Waals surface area contributed by atoms with E-state index >= 15 is 0 Å². The molecular formula is C32H37N7O2. The first-order valence-corrected chi connectivity index (χ1v) is 14.2. The maximum absolute atomic E-state index is 12.0. The Balaban J connectivity index is 1.28. The Bertz CT molecular complexity index is 1420. The fourth-order valence-electron chi connectivity index (χ4n) is 4.89. The molecule has 0 aliphatic carbocycles. The van der Waals surface area contributed by atoms with Crippen molar-refractivity contribution in [1.82, 2.24) is 25.1 Å². The number of benzene rings is 2. The second-order valence-electron chi connectivity index (χ2n) is 10.0. The topological polar surface area (TPSA) is 94.7 Å². The number of nitrogens with one attached hydrogen (secondary N) is 3. The predicted molar refractivity (Wildman–Crippen MR) is 163 cm³/mol. The SMILES string of the molecule is CC#CC(=O)N1CCN(CCNc2cc3cc(c2)Nc2nccc(n2)-c2cccc(c2)OCC/C=C/CNC3)CC1. The van der Waals surface area contributed by atoms with Gasteiger partial charge in [-0.3, -0.25) is 9.69 Å². The third-order valence-corrected chi connectivity index (χ3v) is 6.99. The molecule has 2 aliphatic rings. The zero-order chi connectivity index (χ0) is 28.3. The van der Waals surface area contributed by atoms with Gasteiger partial charge in [0.25, 0.3) is 5.91 Å². The molecule has 0 spiro atoms. The Morgan fingerprint density at radius 3 is 2.88 bits per heavy atom. The van der Waals surface area contributed by atoms with Gasteiger partial charge in [-0.2, -0.15) is 0 Å². The molecule has 0 unspecified atom stereocenters. The Morgan fingerprint density at radius 2 is 2.00 bits per heavy atom. The van der Waals surface area contributed by atoms with Gasteiger partial charge < -0.3 is 25.6 Å². The van der Waals surface area contributed by atoms with Crippen molar-refractivity contribution in [3.05, 3.63) is 72.4 Å². The molecule has 2 aliphatic heterocycles. The van der Waals surface area contributed by atoms with Crippen molar-refractivity contribution in [2.75, 3.05) is 63.1 Å². The standard InChI is InChI=1S/C32H37N7O2/c1-2-7-31(40)39-17-15-38(16-18-39)14-13-34-27-20-25-21-28(23-27)36-32-35-12-10-30(37-32)26-8-6-9-29(22-26)41-19-5-3-4-11-33-24-25/h3-4,6,8-10,12,20-23,33-34H,5,11,13-19,24H2,1H3,(H,35,36,37)/b4-3+. The van der Waals surface area contributed by atoms with Crippen LogP contribution in [-0.2, 0) is 11.3 Å². The highest BCUT2D eigenvalue weighted by atomic mass is 16.5. The van der Waals surface area contributed by atoms with Gasteiger partial charge in [-0.05, 0) is 61.2 Å². The molecule has 212 valence electrons. The van der Waals surface area contributed by atoms with Gasteiger partial charge in [-0.25, -0.2) is 9.97 Å². The minimum Gasteiger partial charge on any atom is -0.493 e. The highest BCUT2D eigenvalue weighted by molar-refractivity contribution is 5.93. The van der Waals surface area contributed by atoms with Gasteiger partial charge in [-0.15, -0.1) is 0 Å². The number of ether oxygens (including phenoxy) is 1. The average molecular weight is 552 g/mol. The van der Waals surface area contributed by atoms with Crippen LogP contribution in [0.15, 0.2) is 66.9 Å². The lowest BCUT2D eigenvalue weighted by Gasteiger charge is -2.33. The Kier molecular flexibility index (Phi) is 9.82. The van der Waals surface area contributed by atoms with E-state index < -0.39 is 0 Å². The Hall–Kier alpha value is -4.39. The molecule has 6 bridgehead atoms. The summed E-state index contributed by atoms with van der Waals surface area (Å²) in [6, 6.07) is 16.3. The molecule has 9 nitrogen and oxygen atoms in total. The number of amides is 1. The van der Waals surface area contributed by atoms with E-state index in [0.717, 1.165) is 79.6 Å². The number of anilines is 3. The molecule has 2 aromatic carbocycles. The maximum Gasteiger partial charge on any atom is 0.298 e. The van der Waals surface area contributed by atoms with Crippen LogP contribution in [0.3, 0.4) is 0 Å². The minimum atomic E-state index is -0.0773. The van der Waals surface area contributed by atoms with Crippen LogP contribution in [0.2, 0.25) is 0 Å². The lowest BCUT2D eigenvalue weighted by Crippen LogP contribution is -2.49. The van der Waals surface area contributed by atoms with Crippen LogP contribution in [0.5, 0.6) is 5.75 Å². The monoisotopic (exact) mass is 551 g/mol. The molecule has 1 aromatic heterocycles. The van der Waals surface area contributed by atoms with Gasteiger partial charge in [0.2, 0.25) is 5.95 Å². The van der Waals surface area contributed by atoms with Crippen molar-refractivity contribution < 1.29 is 9.53 Å². The van der Waals surface area contributed by atoms with Gasteiger partial charge in [0, 0.05) is 75.5 Å². The first-order valence-electron chi connectivity index (χ1n) is 14.2. The number of hydrogen-bond donors (Lipinski definition) is 3. The summed E-state index contributed by atoms with van der Waals surface area (Å²) in [6.45, 7) is 8.65. The molecular weight excluding hydrogens is 514 g/mol.